The number of nitro groups is 1. The van der Waals surface area contributed by atoms with Crippen molar-refractivity contribution >= 4 is 22.9 Å². The quantitative estimate of drug-likeness (QED) is 0.375. The van der Waals surface area contributed by atoms with Gasteiger partial charge in [0.15, 0.2) is 11.5 Å². The van der Waals surface area contributed by atoms with Crippen molar-refractivity contribution in [2.75, 3.05) is 7.11 Å². The molecule has 1 aromatic heterocycles. The van der Waals surface area contributed by atoms with Crippen LogP contribution in [0.15, 0.2) is 41.2 Å². The van der Waals surface area contributed by atoms with E-state index >= 15 is 0 Å². The number of ether oxygens (including phenoxy) is 2. The third-order valence-electron chi connectivity index (χ3n) is 4.53. The van der Waals surface area contributed by atoms with Crippen molar-refractivity contribution in [3.05, 3.63) is 79.8 Å². The van der Waals surface area contributed by atoms with Gasteiger partial charge < -0.3 is 14.8 Å². The average Bonchev–Trinajstić information content (AvgIpc) is 3.27. The zero-order chi connectivity index (χ0) is 23.3. The van der Waals surface area contributed by atoms with Crippen molar-refractivity contribution < 1.29 is 28.0 Å². The highest BCUT2D eigenvalue weighted by atomic mass is 32.1. The summed E-state index contributed by atoms with van der Waals surface area (Å²) in [4.78, 5) is 27.7. The first-order chi connectivity index (χ1) is 15.3. The maximum atomic E-state index is 13.9. The van der Waals surface area contributed by atoms with E-state index in [-0.39, 0.29) is 35.7 Å². The minimum Gasteiger partial charge on any atom is -0.493 e. The first-order valence-corrected chi connectivity index (χ1v) is 10.3. The van der Waals surface area contributed by atoms with Gasteiger partial charge in [-0.3, -0.25) is 14.9 Å². The van der Waals surface area contributed by atoms with Crippen molar-refractivity contribution in [3.63, 3.8) is 0 Å². The Labute approximate surface area is 186 Å². The number of halogens is 2. The highest BCUT2D eigenvalue weighted by Gasteiger charge is 2.26. The van der Waals surface area contributed by atoms with Crippen molar-refractivity contribution in [2.45, 2.75) is 26.0 Å². The minimum atomic E-state index is -0.787. The van der Waals surface area contributed by atoms with Crippen LogP contribution in [0, 0.1) is 21.7 Å². The zero-order valence-corrected chi connectivity index (χ0v) is 17.9. The van der Waals surface area contributed by atoms with Gasteiger partial charge in [0.05, 0.1) is 29.3 Å². The van der Waals surface area contributed by atoms with Gasteiger partial charge in [-0.25, -0.2) is 13.8 Å². The molecule has 0 saturated carbocycles. The predicted octanol–water partition coefficient (Wildman–Crippen LogP) is 4.28. The number of nitrogens with one attached hydrogen (secondary N) is 1. The number of hydrogen-bond donors (Lipinski definition) is 1. The van der Waals surface area contributed by atoms with Gasteiger partial charge >= 0.3 is 0 Å². The van der Waals surface area contributed by atoms with E-state index in [2.05, 4.69) is 10.3 Å². The zero-order valence-electron chi connectivity index (χ0n) is 17.1. The van der Waals surface area contributed by atoms with Crippen LogP contribution in [0.4, 0.5) is 14.5 Å². The lowest BCUT2D eigenvalue weighted by atomic mass is 10.0. The number of hydrogen-bond acceptors (Lipinski definition) is 7. The molecule has 1 unspecified atom stereocenters. The normalized spacial score (nSPS) is 11.6. The van der Waals surface area contributed by atoms with Crippen LogP contribution in [0.25, 0.3) is 0 Å². The Hall–Kier alpha value is -3.60. The molecular formula is C21H19F2N3O5S. The van der Waals surface area contributed by atoms with Crippen molar-refractivity contribution in [3.8, 4) is 11.5 Å². The first-order valence-electron chi connectivity index (χ1n) is 9.40. The van der Waals surface area contributed by atoms with Gasteiger partial charge in [-0.05, 0) is 25.5 Å². The Kier molecular flexibility index (Phi) is 7.31. The Balaban J connectivity index is 1.82. The Morgan fingerprint density at radius 1 is 1.28 bits per heavy atom. The number of aromatic nitrogens is 1. The SMILES string of the molecule is COc1cc(C(=O)NC(C)Cc2c(F)cccc2F)c([N+](=O)[O-])cc1OCc1cscn1. The van der Waals surface area contributed by atoms with Crippen LogP contribution in [0.5, 0.6) is 11.5 Å². The molecule has 3 rings (SSSR count). The second-order valence-electron chi connectivity index (χ2n) is 6.82. The molecule has 0 radical (unpaired) electrons. The average molecular weight is 463 g/mol. The monoisotopic (exact) mass is 463 g/mol. The molecule has 1 amide bonds. The predicted molar refractivity (Wildman–Crippen MR) is 113 cm³/mol. The summed E-state index contributed by atoms with van der Waals surface area (Å²) in [6.45, 7) is 1.60. The van der Waals surface area contributed by atoms with E-state index < -0.39 is 34.2 Å². The summed E-state index contributed by atoms with van der Waals surface area (Å²) in [5, 5.41) is 15.9. The molecule has 0 fully saturated rings. The molecule has 11 heteroatoms. The number of rotatable bonds is 9. The fourth-order valence-corrected chi connectivity index (χ4v) is 3.54. The van der Waals surface area contributed by atoms with Crippen molar-refractivity contribution in [1.82, 2.24) is 10.3 Å². The van der Waals surface area contributed by atoms with E-state index in [0.29, 0.717) is 5.69 Å². The minimum absolute atomic E-state index is 0.0633. The largest absolute Gasteiger partial charge is 0.493 e. The number of amides is 1. The van der Waals surface area contributed by atoms with E-state index in [9.17, 15) is 23.7 Å². The lowest BCUT2D eigenvalue weighted by Gasteiger charge is -2.16. The summed E-state index contributed by atoms with van der Waals surface area (Å²) < 4.78 is 38.6. The second-order valence-corrected chi connectivity index (χ2v) is 7.54. The van der Waals surface area contributed by atoms with Gasteiger partial charge in [0.1, 0.15) is 23.8 Å². The van der Waals surface area contributed by atoms with Crippen LogP contribution in [-0.4, -0.2) is 29.0 Å². The van der Waals surface area contributed by atoms with E-state index in [1.165, 1.54) is 37.5 Å². The summed E-state index contributed by atoms with van der Waals surface area (Å²) in [5.41, 5.74) is 1.31. The third kappa shape index (κ3) is 5.35. The molecule has 3 aromatic rings. The molecule has 0 aliphatic rings. The summed E-state index contributed by atoms with van der Waals surface area (Å²) in [5.74, 6) is -2.07. The van der Waals surface area contributed by atoms with Gasteiger partial charge in [-0.2, -0.15) is 0 Å². The molecule has 0 saturated heterocycles. The molecule has 0 aliphatic carbocycles. The molecule has 1 atom stereocenters. The summed E-state index contributed by atoms with van der Waals surface area (Å²) in [6, 6.07) is 5.06. The molecule has 0 bridgehead atoms. The molecule has 1 heterocycles. The van der Waals surface area contributed by atoms with Crippen LogP contribution in [0.2, 0.25) is 0 Å². The highest BCUT2D eigenvalue weighted by molar-refractivity contribution is 7.07. The lowest BCUT2D eigenvalue weighted by Crippen LogP contribution is -2.35. The Morgan fingerprint density at radius 3 is 2.59 bits per heavy atom. The number of nitrogens with zero attached hydrogens (tertiary/aromatic N) is 2. The fourth-order valence-electron chi connectivity index (χ4n) is 3.00. The number of thiazole rings is 1. The van der Waals surface area contributed by atoms with Crippen LogP contribution >= 0.6 is 11.3 Å². The van der Waals surface area contributed by atoms with Gasteiger partial charge in [-0.15, -0.1) is 11.3 Å². The summed E-state index contributed by atoms with van der Waals surface area (Å²) in [6.07, 6.45) is -0.135. The van der Waals surface area contributed by atoms with Gasteiger partial charge in [0.2, 0.25) is 0 Å². The molecule has 168 valence electrons. The molecule has 1 N–H and O–H groups in total. The Bertz CT molecular complexity index is 1100. The van der Waals surface area contributed by atoms with Crippen molar-refractivity contribution in [1.29, 1.82) is 0 Å². The molecule has 8 nitrogen and oxygen atoms in total. The molecule has 0 spiro atoms. The van der Waals surface area contributed by atoms with Gasteiger partial charge in [-0.1, -0.05) is 6.07 Å². The van der Waals surface area contributed by atoms with E-state index in [4.69, 9.17) is 9.47 Å². The van der Waals surface area contributed by atoms with Gasteiger partial charge in [0.25, 0.3) is 11.6 Å². The number of nitro benzene ring substituents is 1. The first kappa shape index (κ1) is 23.1. The number of carbonyl (C=O) groups is 1. The molecule has 0 aliphatic heterocycles. The van der Waals surface area contributed by atoms with E-state index in [0.717, 1.165) is 18.2 Å². The maximum Gasteiger partial charge on any atom is 0.286 e. The second kappa shape index (κ2) is 10.1. The summed E-state index contributed by atoms with van der Waals surface area (Å²) in [7, 11) is 1.34. The number of benzene rings is 2. The lowest BCUT2D eigenvalue weighted by molar-refractivity contribution is -0.385. The standard InChI is InChI=1S/C21H19F2N3O5S/c1-12(6-14-16(22)4-3-5-17(14)23)25-21(27)15-7-19(30-2)20(8-18(15)26(28)29)31-9-13-10-32-11-24-13/h3-5,7-8,10-12H,6,9H2,1-2H3,(H,25,27). The molecular weight excluding hydrogens is 444 g/mol. The number of carbonyl (C=O) groups excluding carboxylic acids is 1. The Morgan fingerprint density at radius 2 is 2.00 bits per heavy atom. The van der Waals surface area contributed by atoms with Crippen molar-refractivity contribution in [2.24, 2.45) is 0 Å². The third-order valence-corrected chi connectivity index (χ3v) is 5.17. The fraction of sp³-hybridized carbons (Fsp3) is 0.238. The smallest absolute Gasteiger partial charge is 0.286 e. The maximum absolute atomic E-state index is 13.9. The van der Waals surface area contributed by atoms with Crippen LogP contribution < -0.4 is 14.8 Å². The van der Waals surface area contributed by atoms with Gasteiger partial charge in [0, 0.05) is 23.1 Å². The highest BCUT2D eigenvalue weighted by Crippen LogP contribution is 2.35. The van der Waals surface area contributed by atoms with Crippen LogP contribution in [-0.2, 0) is 13.0 Å². The van der Waals surface area contributed by atoms with E-state index in [1.807, 2.05) is 0 Å². The topological polar surface area (TPSA) is 104 Å². The molecule has 32 heavy (non-hydrogen) atoms. The molecule has 2 aromatic carbocycles. The van der Waals surface area contributed by atoms with Crippen LogP contribution in [0.3, 0.4) is 0 Å². The summed E-state index contributed by atoms with van der Waals surface area (Å²) >= 11 is 1.38. The van der Waals surface area contributed by atoms with Crippen LogP contribution in [0.1, 0.15) is 28.5 Å². The van der Waals surface area contributed by atoms with E-state index in [1.54, 1.807) is 10.9 Å². The number of methoxy groups -OCH3 is 1.